The van der Waals surface area contributed by atoms with Gasteiger partial charge >= 0.3 is 0 Å². The molecule has 0 aromatic heterocycles. The number of benzene rings is 1. The zero-order chi connectivity index (χ0) is 16.8. The minimum Gasteiger partial charge on any atom is -0.493 e. The molecule has 0 saturated heterocycles. The summed E-state index contributed by atoms with van der Waals surface area (Å²) in [5.74, 6) is 1.31. The monoisotopic (exact) mass is 322 g/mol. The summed E-state index contributed by atoms with van der Waals surface area (Å²) in [7, 11) is 1.58. The van der Waals surface area contributed by atoms with Crippen LogP contribution in [0.1, 0.15) is 68.1 Å². The number of rotatable bonds is 14. The van der Waals surface area contributed by atoms with Gasteiger partial charge in [0.2, 0.25) is 0 Å². The number of hydrogen-bond donors (Lipinski definition) is 1. The Bertz CT molecular complexity index is 431. The first-order valence-electron chi connectivity index (χ1n) is 8.68. The molecule has 0 heterocycles. The number of methoxy groups -OCH3 is 1. The van der Waals surface area contributed by atoms with Crippen LogP contribution in [0.15, 0.2) is 18.2 Å². The maximum atomic E-state index is 10.7. The van der Waals surface area contributed by atoms with E-state index in [1.165, 1.54) is 38.5 Å². The zero-order valence-corrected chi connectivity index (χ0v) is 14.3. The molecular formula is C19H30O4. The van der Waals surface area contributed by atoms with Gasteiger partial charge in [-0.15, -0.1) is 0 Å². The van der Waals surface area contributed by atoms with Gasteiger partial charge in [-0.1, -0.05) is 44.9 Å². The topological polar surface area (TPSA) is 55.8 Å². The van der Waals surface area contributed by atoms with Crippen molar-refractivity contribution < 1.29 is 19.4 Å². The van der Waals surface area contributed by atoms with E-state index in [0.717, 1.165) is 25.5 Å². The molecule has 0 bridgehead atoms. The second-order valence-electron chi connectivity index (χ2n) is 5.78. The van der Waals surface area contributed by atoms with E-state index < -0.39 is 0 Å². The van der Waals surface area contributed by atoms with Crippen molar-refractivity contribution >= 4 is 6.29 Å². The average Bonchev–Trinajstić information content (AvgIpc) is 2.59. The maximum Gasteiger partial charge on any atom is 0.161 e. The first-order chi connectivity index (χ1) is 11.3. The Labute approximate surface area is 139 Å². The molecule has 0 aliphatic rings. The third-order valence-electron chi connectivity index (χ3n) is 3.88. The molecule has 1 rings (SSSR count). The number of ether oxygens (including phenoxy) is 2. The fourth-order valence-electron chi connectivity index (χ4n) is 2.51. The summed E-state index contributed by atoms with van der Waals surface area (Å²) in [6.45, 7) is 0.996. The molecule has 4 nitrogen and oxygen atoms in total. The molecule has 1 aromatic carbocycles. The molecule has 0 atom stereocenters. The quantitative estimate of drug-likeness (QED) is 0.408. The lowest BCUT2D eigenvalue weighted by Gasteiger charge is -2.11. The van der Waals surface area contributed by atoms with Crippen molar-refractivity contribution in [1.82, 2.24) is 0 Å². The van der Waals surface area contributed by atoms with Crippen molar-refractivity contribution in [2.75, 3.05) is 20.3 Å². The van der Waals surface area contributed by atoms with E-state index in [0.29, 0.717) is 30.3 Å². The number of carbonyl (C=O) groups excluding carboxylic acids is 1. The number of aliphatic hydroxyl groups excluding tert-OH is 1. The van der Waals surface area contributed by atoms with Crippen molar-refractivity contribution in [2.45, 2.75) is 57.8 Å². The molecule has 0 radical (unpaired) electrons. The highest BCUT2D eigenvalue weighted by Crippen LogP contribution is 2.27. The maximum absolute atomic E-state index is 10.7. The largest absolute Gasteiger partial charge is 0.493 e. The summed E-state index contributed by atoms with van der Waals surface area (Å²) in [5, 5.41) is 8.70. The molecule has 0 fully saturated rings. The second-order valence-corrected chi connectivity index (χ2v) is 5.78. The minimum absolute atomic E-state index is 0.322. The molecule has 0 amide bonds. The van der Waals surface area contributed by atoms with Crippen LogP contribution in [0.25, 0.3) is 0 Å². The Balaban J connectivity index is 2.06. The Hall–Kier alpha value is -1.55. The Morgan fingerprint density at radius 2 is 1.52 bits per heavy atom. The molecule has 0 aliphatic carbocycles. The third-order valence-corrected chi connectivity index (χ3v) is 3.88. The van der Waals surface area contributed by atoms with Crippen molar-refractivity contribution in [1.29, 1.82) is 0 Å². The molecule has 0 saturated carbocycles. The number of hydrogen-bond acceptors (Lipinski definition) is 4. The molecule has 0 aliphatic heterocycles. The third kappa shape index (κ3) is 8.60. The summed E-state index contributed by atoms with van der Waals surface area (Å²) in [6.07, 6.45) is 11.4. The second kappa shape index (κ2) is 12.9. The van der Waals surface area contributed by atoms with Crippen LogP contribution in [0.3, 0.4) is 0 Å². The van der Waals surface area contributed by atoms with Crippen molar-refractivity contribution in [3.63, 3.8) is 0 Å². The van der Waals surface area contributed by atoms with Crippen molar-refractivity contribution in [3.8, 4) is 11.5 Å². The fraction of sp³-hybridized carbons (Fsp3) is 0.632. The summed E-state index contributed by atoms with van der Waals surface area (Å²) < 4.78 is 11.0. The molecule has 130 valence electrons. The highest BCUT2D eigenvalue weighted by atomic mass is 16.5. The predicted molar refractivity (Wildman–Crippen MR) is 92.5 cm³/mol. The first-order valence-corrected chi connectivity index (χ1v) is 8.68. The predicted octanol–water partition coefficient (Wildman–Crippen LogP) is 4.39. The molecular weight excluding hydrogens is 292 g/mol. The van der Waals surface area contributed by atoms with Crippen LogP contribution in [0.5, 0.6) is 11.5 Å². The van der Waals surface area contributed by atoms with Gasteiger partial charge < -0.3 is 14.6 Å². The molecule has 0 spiro atoms. The van der Waals surface area contributed by atoms with E-state index >= 15 is 0 Å². The van der Waals surface area contributed by atoms with Gasteiger partial charge in [-0.25, -0.2) is 0 Å². The van der Waals surface area contributed by atoms with Crippen molar-refractivity contribution in [3.05, 3.63) is 23.8 Å². The van der Waals surface area contributed by atoms with Crippen molar-refractivity contribution in [2.24, 2.45) is 0 Å². The lowest BCUT2D eigenvalue weighted by Crippen LogP contribution is -2.00. The van der Waals surface area contributed by atoms with E-state index in [1.807, 2.05) is 0 Å². The van der Waals surface area contributed by atoms with Crippen LogP contribution in [0, 0.1) is 0 Å². The summed E-state index contributed by atoms with van der Waals surface area (Å²) >= 11 is 0. The standard InChI is InChI=1S/C19H30O4/c1-22-19-15-17(16-21)11-12-18(19)23-14-10-8-6-4-2-3-5-7-9-13-20/h11-12,15-16,20H,2-10,13-14H2,1H3. The fourth-order valence-corrected chi connectivity index (χ4v) is 2.51. The van der Waals surface area contributed by atoms with Crippen LogP contribution in [0.4, 0.5) is 0 Å². The van der Waals surface area contributed by atoms with Gasteiger partial charge in [0.05, 0.1) is 13.7 Å². The van der Waals surface area contributed by atoms with Gasteiger partial charge in [0.15, 0.2) is 11.5 Å². The zero-order valence-electron chi connectivity index (χ0n) is 14.3. The Morgan fingerprint density at radius 1 is 0.913 bits per heavy atom. The van der Waals surface area contributed by atoms with E-state index in [1.54, 1.807) is 25.3 Å². The van der Waals surface area contributed by atoms with Crippen LogP contribution < -0.4 is 9.47 Å². The normalized spacial score (nSPS) is 10.5. The highest BCUT2D eigenvalue weighted by Gasteiger charge is 2.05. The molecule has 23 heavy (non-hydrogen) atoms. The SMILES string of the molecule is COc1cc(C=O)ccc1OCCCCCCCCCCCO. The van der Waals surface area contributed by atoms with E-state index in [9.17, 15) is 4.79 Å². The number of carbonyl (C=O) groups is 1. The lowest BCUT2D eigenvalue weighted by atomic mass is 10.1. The van der Waals surface area contributed by atoms with Crippen LogP contribution in [-0.4, -0.2) is 31.7 Å². The van der Waals surface area contributed by atoms with E-state index in [4.69, 9.17) is 14.6 Å². The van der Waals surface area contributed by atoms with Gasteiger partial charge in [0, 0.05) is 12.2 Å². The summed E-state index contributed by atoms with van der Waals surface area (Å²) in [4.78, 5) is 10.7. The van der Waals surface area contributed by atoms with Crippen LogP contribution in [0.2, 0.25) is 0 Å². The molecule has 1 aromatic rings. The Kier molecular flexibility index (Phi) is 11.0. The lowest BCUT2D eigenvalue weighted by molar-refractivity contribution is 0.112. The molecule has 4 heteroatoms. The average molecular weight is 322 g/mol. The van der Waals surface area contributed by atoms with Crippen LogP contribution in [-0.2, 0) is 0 Å². The molecule has 0 unspecified atom stereocenters. The van der Waals surface area contributed by atoms with Gasteiger partial charge in [0.1, 0.15) is 6.29 Å². The minimum atomic E-state index is 0.322. The molecule has 1 N–H and O–H groups in total. The number of unbranched alkanes of at least 4 members (excludes halogenated alkanes) is 8. The van der Waals surface area contributed by atoms with Gasteiger partial charge in [-0.05, 0) is 31.0 Å². The highest BCUT2D eigenvalue weighted by molar-refractivity contribution is 5.76. The van der Waals surface area contributed by atoms with E-state index in [-0.39, 0.29) is 0 Å². The van der Waals surface area contributed by atoms with Gasteiger partial charge in [-0.2, -0.15) is 0 Å². The van der Waals surface area contributed by atoms with Gasteiger partial charge in [0.25, 0.3) is 0 Å². The van der Waals surface area contributed by atoms with Crippen LogP contribution >= 0.6 is 0 Å². The van der Waals surface area contributed by atoms with Gasteiger partial charge in [-0.3, -0.25) is 4.79 Å². The first kappa shape index (κ1) is 19.5. The number of aliphatic hydroxyl groups is 1. The number of aldehydes is 1. The van der Waals surface area contributed by atoms with E-state index in [2.05, 4.69) is 0 Å². The summed E-state index contributed by atoms with van der Waals surface area (Å²) in [5.41, 5.74) is 0.591. The Morgan fingerprint density at radius 3 is 2.09 bits per heavy atom. The smallest absolute Gasteiger partial charge is 0.161 e. The summed E-state index contributed by atoms with van der Waals surface area (Å²) in [6, 6.07) is 5.22.